The van der Waals surface area contributed by atoms with Crippen LogP contribution in [-0.2, 0) is 9.53 Å². The molecule has 5 nitrogen and oxygen atoms in total. The third kappa shape index (κ3) is 4.61. The highest BCUT2D eigenvalue weighted by Gasteiger charge is 2.23. The number of rotatable bonds is 5. The second-order valence-electron chi connectivity index (χ2n) is 4.54. The van der Waals surface area contributed by atoms with Gasteiger partial charge in [0.05, 0.1) is 0 Å². The van der Waals surface area contributed by atoms with Crippen molar-refractivity contribution >= 4 is 12.1 Å². The molecule has 1 aliphatic carbocycles. The number of carbonyl (C=O) groups is 2. The minimum atomic E-state index is -1.06. The summed E-state index contributed by atoms with van der Waals surface area (Å²) in [4.78, 5) is 22.3. The van der Waals surface area contributed by atoms with E-state index in [1.807, 2.05) is 18.2 Å². The Labute approximate surface area is 107 Å². The van der Waals surface area contributed by atoms with Crippen LogP contribution in [0.1, 0.15) is 26.7 Å². The van der Waals surface area contributed by atoms with Crippen molar-refractivity contribution in [3.8, 4) is 0 Å². The van der Waals surface area contributed by atoms with Gasteiger partial charge in [0.2, 0.25) is 0 Å². The number of amides is 1. The Hall–Kier alpha value is -1.78. The average Bonchev–Trinajstić information content (AvgIpc) is 2.34. The number of alkyl carbamates (subject to hydrolysis) is 1. The summed E-state index contributed by atoms with van der Waals surface area (Å²) in [6.45, 7) is 3.63. The second-order valence-corrected chi connectivity index (χ2v) is 4.54. The summed E-state index contributed by atoms with van der Waals surface area (Å²) in [6, 6.07) is -0.923. The van der Waals surface area contributed by atoms with Crippen LogP contribution in [0.5, 0.6) is 0 Å². The summed E-state index contributed by atoms with van der Waals surface area (Å²) < 4.78 is 4.98. The molecule has 1 rings (SSSR count). The molecule has 0 spiro atoms. The zero-order chi connectivity index (χ0) is 13.5. The van der Waals surface area contributed by atoms with Gasteiger partial charge in [-0.3, -0.25) is 0 Å². The minimum Gasteiger partial charge on any atom is -0.480 e. The fraction of sp³-hybridized carbons (Fsp3) is 0.538. The molecule has 0 heterocycles. The number of ether oxygens (including phenoxy) is 1. The molecule has 1 atom stereocenters. The van der Waals surface area contributed by atoms with Gasteiger partial charge < -0.3 is 15.2 Å². The van der Waals surface area contributed by atoms with Gasteiger partial charge in [0.25, 0.3) is 0 Å². The maximum Gasteiger partial charge on any atom is 0.408 e. The van der Waals surface area contributed by atoms with E-state index in [0.29, 0.717) is 0 Å². The van der Waals surface area contributed by atoms with Crippen LogP contribution in [0.4, 0.5) is 4.79 Å². The molecule has 0 fully saturated rings. The lowest BCUT2D eigenvalue weighted by molar-refractivity contribution is -0.140. The molecule has 0 aromatic rings. The first-order valence-corrected chi connectivity index (χ1v) is 6.02. The van der Waals surface area contributed by atoms with Gasteiger partial charge in [0.1, 0.15) is 12.6 Å². The van der Waals surface area contributed by atoms with Crippen molar-refractivity contribution in [3.05, 3.63) is 23.8 Å². The van der Waals surface area contributed by atoms with Crippen molar-refractivity contribution in [2.75, 3.05) is 6.61 Å². The zero-order valence-corrected chi connectivity index (χ0v) is 10.7. The summed E-state index contributed by atoms with van der Waals surface area (Å²) in [5.41, 5.74) is 0.938. The van der Waals surface area contributed by atoms with Gasteiger partial charge in [-0.25, -0.2) is 9.59 Å². The fourth-order valence-electron chi connectivity index (χ4n) is 1.61. The van der Waals surface area contributed by atoms with Crippen LogP contribution in [0.3, 0.4) is 0 Å². The number of carbonyl (C=O) groups excluding carboxylic acids is 1. The Morgan fingerprint density at radius 1 is 1.44 bits per heavy atom. The highest BCUT2D eigenvalue weighted by atomic mass is 16.5. The molecule has 1 amide bonds. The number of hydrogen-bond donors (Lipinski definition) is 2. The van der Waals surface area contributed by atoms with Crippen molar-refractivity contribution in [2.45, 2.75) is 32.7 Å². The molecule has 1 unspecified atom stereocenters. The van der Waals surface area contributed by atoms with Gasteiger partial charge in [-0.15, -0.1) is 0 Å². The largest absolute Gasteiger partial charge is 0.480 e. The second kappa shape index (κ2) is 6.83. The molecule has 0 saturated heterocycles. The first-order valence-electron chi connectivity index (χ1n) is 6.02. The molecule has 0 aromatic carbocycles. The normalized spacial score (nSPS) is 16.1. The van der Waals surface area contributed by atoms with Crippen LogP contribution in [-0.4, -0.2) is 29.8 Å². The zero-order valence-electron chi connectivity index (χ0n) is 10.7. The first kappa shape index (κ1) is 14.3. The van der Waals surface area contributed by atoms with E-state index in [4.69, 9.17) is 9.84 Å². The van der Waals surface area contributed by atoms with E-state index in [9.17, 15) is 9.59 Å². The predicted octanol–water partition coefficient (Wildman–Crippen LogP) is 2.10. The molecule has 0 aliphatic heterocycles. The summed E-state index contributed by atoms with van der Waals surface area (Å²) in [5.74, 6) is -1.25. The highest BCUT2D eigenvalue weighted by Crippen LogP contribution is 2.10. The average molecular weight is 253 g/mol. The Balaban J connectivity index is 2.38. The fourth-order valence-corrected chi connectivity index (χ4v) is 1.61. The van der Waals surface area contributed by atoms with Crippen LogP contribution < -0.4 is 5.32 Å². The number of carboxylic acid groups (broad SMARTS) is 1. The topological polar surface area (TPSA) is 75.6 Å². The van der Waals surface area contributed by atoms with Crippen LogP contribution in [0.2, 0.25) is 0 Å². The highest BCUT2D eigenvalue weighted by molar-refractivity contribution is 5.80. The molecule has 0 bridgehead atoms. The molecule has 100 valence electrons. The third-order valence-electron chi connectivity index (χ3n) is 2.65. The molecule has 0 saturated carbocycles. The Morgan fingerprint density at radius 3 is 2.67 bits per heavy atom. The van der Waals surface area contributed by atoms with Crippen molar-refractivity contribution < 1.29 is 19.4 Å². The first-order chi connectivity index (χ1) is 8.50. The van der Waals surface area contributed by atoms with Crippen LogP contribution >= 0.6 is 0 Å². The summed E-state index contributed by atoms with van der Waals surface area (Å²) in [7, 11) is 0. The van der Waals surface area contributed by atoms with E-state index < -0.39 is 18.1 Å². The van der Waals surface area contributed by atoms with E-state index in [2.05, 4.69) is 5.32 Å². The summed E-state index contributed by atoms with van der Waals surface area (Å²) >= 11 is 0. The van der Waals surface area contributed by atoms with Crippen molar-refractivity contribution in [2.24, 2.45) is 5.92 Å². The maximum atomic E-state index is 11.5. The summed E-state index contributed by atoms with van der Waals surface area (Å²) in [5, 5.41) is 11.3. The van der Waals surface area contributed by atoms with Gasteiger partial charge in [-0.2, -0.15) is 0 Å². The lowest BCUT2D eigenvalue weighted by Crippen LogP contribution is -2.44. The van der Waals surface area contributed by atoms with Crippen LogP contribution in [0, 0.1) is 5.92 Å². The van der Waals surface area contributed by atoms with E-state index in [1.165, 1.54) is 0 Å². The van der Waals surface area contributed by atoms with E-state index >= 15 is 0 Å². The molecule has 0 radical (unpaired) electrons. The summed E-state index contributed by atoms with van der Waals surface area (Å²) in [6.07, 6.45) is 7.18. The maximum absolute atomic E-state index is 11.5. The number of nitrogens with one attached hydrogen (secondary N) is 1. The predicted molar refractivity (Wildman–Crippen MR) is 67.2 cm³/mol. The number of carboxylic acids is 1. The van der Waals surface area contributed by atoms with Gasteiger partial charge >= 0.3 is 12.1 Å². The van der Waals surface area contributed by atoms with Crippen molar-refractivity contribution in [1.82, 2.24) is 5.32 Å². The van der Waals surface area contributed by atoms with E-state index in [0.717, 1.165) is 18.4 Å². The Morgan fingerprint density at radius 2 is 2.17 bits per heavy atom. The van der Waals surface area contributed by atoms with Crippen LogP contribution in [0.15, 0.2) is 23.8 Å². The van der Waals surface area contributed by atoms with Gasteiger partial charge in [0.15, 0.2) is 0 Å². The molecule has 18 heavy (non-hydrogen) atoms. The van der Waals surface area contributed by atoms with Gasteiger partial charge in [-0.05, 0) is 24.3 Å². The number of hydrogen-bond acceptors (Lipinski definition) is 3. The lowest BCUT2D eigenvalue weighted by atomic mass is 10.1. The van der Waals surface area contributed by atoms with Crippen LogP contribution in [0.25, 0.3) is 0 Å². The smallest absolute Gasteiger partial charge is 0.408 e. The van der Waals surface area contributed by atoms with E-state index in [-0.39, 0.29) is 12.5 Å². The lowest BCUT2D eigenvalue weighted by Gasteiger charge is -2.17. The van der Waals surface area contributed by atoms with Crippen molar-refractivity contribution in [1.29, 1.82) is 0 Å². The van der Waals surface area contributed by atoms with Crippen molar-refractivity contribution in [3.63, 3.8) is 0 Å². The van der Waals surface area contributed by atoms with E-state index in [1.54, 1.807) is 13.8 Å². The molecule has 2 N–H and O–H groups in total. The molecule has 0 aromatic heterocycles. The van der Waals surface area contributed by atoms with Gasteiger partial charge in [0, 0.05) is 0 Å². The Kier molecular flexibility index (Phi) is 5.42. The Bertz CT molecular complexity index is 371. The third-order valence-corrected chi connectivity index (χ3v) is 2.65. The molecule has 5 heteroatoms. The monoisotopic (exact) mass is 253 g/mol. The molecular formula is C13H19NO4. The molecular weight excluding hydrogens is 234 g/mol. The quantitative estimate of drug-likeness (QED) is 0.786. The number of aliphatic carboxylic acids is 1. The standard InChI is InChI=1S/C13H19NO4/c1-9(2)11(12(15)16)14-13(17)18-8-10-6-4-3-5-7-10/h4,6-7,9,11H,3,5,8H2,1-2H3,(H,14,17)(H,15,16). The minimum absolute atomic E-state index is 0.173. The SMILES string of the molecule is CC(C)C(NC(=O)OCC1=CCCC=C1)C(=O)O. The van der Waals surface area contributed by atoms with Gasteiger partial charge in [-0.1, -0.05) is 32.1 Å². The molecule has 1 aliphatic rings. The number of allylic oxidation sites excluding steroid dienone is 2.